The molecule has 0 aliphatic heterocycles. The van der Waals surface area contributed by atoms with Crippen LogP contribution in [-0.4, -0.2) is 17.1 Å². The standard InChI is InChI=1S/C26H28N2O2S/c1-5-24(26(30)28-23-15-8-11-17(2)19(23)4)31-21-13-9-12-20(16-21)27-25(29)22-14-7-6-10-18(22)3/h6-16,24H,5H2,1-4H3,(H,27,29)(H,28,30). The molecular weight excluding hydrogens is 404 g/mol. The number of hydrogen-bond acceptors (Lipinski definition) is 3. The Bertz CT molecular complexity index is 1090. The SMILES string of the molecule is CCC(Sc1cccc(NC(=O)c2ccccc2C)c1)C(=O)Nc1cccc(C)c1C. The van der Waals surface area contributed by atoms with E-state index < -0.39 is 0 Å². The number of carbonyl (C=O) groups is 2. The van der Waals surface area contributed by atoms with Crippen LogP contribution in [0.5, 0.6) is 0 Å². The highest BCUT2D eigenvalue weighted by Crippen LogP contribution is 2.29. The number of thioether (sulfide) groups is 1. The third-order valence-corrected chi connectivity index (χ3v) is 6.64. The van der Waals surface area contributed by atoms with Crippen molar-refractivity contribution < 1.29 is 9.59 Å². The van der Waals surface area contributed by atoms with Gasteiger partial charge in [-0.1, -0.05) is 43.3 Å². The molecule has 2 amide bonds. The summed E-state index contributed by atoms with van der Waals surface area (Å²) in [6.07, 6.45) is 0.696. The first-order chi connectivity index (χ1) is 14.9. The molecule has 0 aliphatic carbocycles. The molecule has 3 aromatic carbocycles. The monoisotopic (exact) mass is 432 g/mol. The Morgan fingerprint density at radius 3 is 2.32 bits per heavy atom. The fraction of sp³-hybridized carbons (Fsp3) is 0.231. The van der Waals surface area contributed by atoms with E-state index in [1.165, 1.54) is 11.8 Å². The topological polar surface area (TPSA) is 58.2 Å². The van der Waals surface area contributed by atoms with Crippen LogP contribution in [0.1, 0.15) is 40.4 Å². The lowest BCUT2D eigenvalue weighted by atomic mass is 10.1. The zero-order valence-electron chi connectivity index (χ0n) is 18.4. The van der Waals surface area contributed by atoms with E-state index >= 15 is 0 Å². The Balaban J connectivity index is 1.69. The first-order valence-corrected chi connectivity index (χ1v) is 11.3. The van der Waals surface area contributed by atoms with Crippen molar-refractivity contribution >= 4 is 35.0 Å². The molecule has 0 heterocycles. The number of anilines is 2. The lowest BCUT2D eigenvalue weighted by Crippen LogP contribution is -2.25. The number of amides is 2. The molecule has 0 saturated carbocycles. The van der Waals surface area contributed by atoms with E-state index in [2.05, 4.69) is 10.6 Å². The molecule has 1 unspecified atom stereocenters. The third-order valence-electron chi connectivity index (χ3n) is 5.29. The van der Waals surface area contributed by atoms with Crippen LogP contribution < -0.4 is 10.6 Å². The normalized spacial score (nSPS) is 11.6. The second-order valence-corrected chi connectivity index (χ2v) is 8.82. The molecule has 3 rings (SSSR count). The van der Waals surface area contributed by atoms with E-state index in [9.17, 15) is 9.59 Å². The van der Waals surface area contributed by atoms with Crippen LogP contribution in [0.2, 0.25) is 0 Å². The lowest BCUT2D eigenvalue weighted by Gasteiger charge is -2.17. The van der Waals surface area contributed by atoms with E-state index in [0.717, 1.165) is 27.3 Å². The molecular formula is C26H28N2O2S. The number of nitrogens with one attached hydrogen (secondary N) is 2. The molecule has 2 N–H and O–H groups in total. The van der Waals surface area contributed by atoms with E-state index in [1.807, 2.05) is 94.4 Å². The van der Waals surface area contributed by atoms with Crippen LogP contribution in [0.25, 0.3) is 0 Å². The van der Waals surface area contributed by atoms with Gasteiger partial charge in [0.2, 0.25) is 5.91 Å². The molecule has 0 spiro atoms. The second kappa shape index (κ2) is 10.3. The summed E-state index contributed by atoms with van der Waals surface area (Å²) in [6, 6.07) is 21.0. The first-order valence-electron chi connectivity index (χ1n) is 10.4. The maximum Gasteiger partial charge on any atom is 0.255 e. The predicted octanol–water partition coefficient (Wildman–Crippen LogP) is 6.37. The van der Waals surface area contributed by atoms with Crippen LogP contribution in [0.15, 0.2) is 71.6 Å². The van der Waals surface area contributed by atoms with Gasteiger partial charge in [0.1, 0.15) is 0 Å². The van der Waals surface area contributed by atoms with E-state index in [-0.39, 0.29) is 17.1 Å². The quantitative estimate of drug-likeness (QED) is 0.426. The molecule has 0 bridgehead atoms. The van der Waals surface area contributed by atoms with E-state index in [1.54, 1.807) is 0 Å². The van der Waals surface area contributed by atoms with Crippen molar-refractivity contribution in [1.29, 1.82) is 0 Å². The Morgan fingerprint density at radius 2 is 1.58 bits per heavy atom. The largest absolute Gasteiger partial charge is 0.325 e. The van der Waals surface area contributed by atoms with Crippen LogP contribution >= 0.6 is 11.8 Å². The Morgan fingerprint density at radius 1 is 0.871 bits per heavy atom. The van der Waals surface area contributed by atoms with Gasteiger partial charge in [-0.3, -0.25) is 9.59 Å². The van der Waals surface area contributed by atoms with Crippen molar-refractivity contribution in [1.82, 2.24) is 0 Å². The molecule has 0 aliphatic rings. The summed E-state index contributed by atoms with van der Waals surface area (Å²) in [4.78, 5) is 26.4. The molecule has 0 aromatic heterocycles. The van der Waals surface area contributed by atoms with Crippen LogP contribution in [0.4, 0.5) is 11.4 Å². The zero-order valence-corrected chi connectivity index (χ0v) is 19.2. The van der Waals surface area contributed by atoms with Gasteiger partial charge in [-0.25, -0.2) is 0 Å². The first kappa shape index (κ1) is 22.6. The molecule has 0 saturated heterocycles. The summed E-state index contributed by atoms with van der Waals surface area (Å²) < 4.78 is 0. The number of benzene rings is 3. The Kier molecular flexibility index (Phi) is 7.53. The summed E-state index contributed by atoms with van der Waals surface area (Å²) in [6.45, 7) is 7.97. The Hall–Kier alpha value is -3.05. The number of aryl methyl sites for hydroxylation is 2. The van der Waals surface area contributed by atoms with Crippen molar-refractivity contribution in [2.45, 2.75) is 44.3 Å². The van der Waals surface area contributed by atoms with Gasteiger partial charge in [-0.2, -0.15) is 0 Å². The van der Waals surface area contributed by atoms with E-state index in [0.29, 0.717) is 17.7 Å². The summed E-state index contributed by atoms with van der Waals surface area (Å²) in [7, 11) is 0. The van der Waals surface area contributed by atoms with Gasteiger partial charge in [-0.15, -0.1) is 11.8 Å². The molecule has 4 nitrogen and oxygen atoms in total. The van der Waals surface area contributed by atoms with Gasteiger partial charge in [0.05, 0.1) is 5.25 Å². The summed E-state index contributed by atoms with van der Waals surface area (Å²) in [5, 5.41) is 5.79. The molecule has 160 valence electrons. The van der Waals surface area contributed by atoms with Crippen molar-refractivity contribution in [3.63, 3.8) is 0 Å². The maximum atomic E-state index is 12.9. The van der Waals surface area contributed by atoms with Crippen LogP contribution in [-0.2, 0) is 4.79 Å². The summed E-state index contributed by atoms with van der Waals surface area (Å²) in [5.41, 5.74) is 5.37. The lowest BCUT2D eigenvalue weighted by molar-refractivity contribution is -0.115. The molecule has 3 aromatic rings. The fourth-order valence-corrected chi connectivity index (χ4v) is 4.27. The highest BCUT2D eigenvalue weighted by molar-refractivity contribution is 8.00. The van der Waals surface area contributed by atoms with E-state index in [4.69, 9.17) is 0 Å². The second-order valence-electron chi connectivity index (χ2n) is 7.55. The van der Waals surface area contributed by atoms with Crippen LogP contribution in [0.3, 0.4) is 0 Å². The van der Waals surface area contributed by atoms with Gasteiger partial charge >= 0.3 is 0 Å². The number of hydrogen-bond donors (Lipinski definition) is 2. The number of carbonyl (C=O) groups excluding carboxylic acids is 2. The van der Waals surface area contributed by atoms with Gasteiger partial charge in [-0.05, 0) is 74.2 Å². The average molecular weight is 433 g/mol. The minimum Gasteiger partial charge on any atom is -0.325 e. The molecule has 1 atom stereocenters. The predicted molar refractivity (Wildman–Crippen MR) is 130 cm³/mol. The van der Waals surface area contributed by atoms with Crippen molar-refractivity contribution in [2.75, 3.05) is 10.6 Å². The maximum absolute atomic E-state index is 12.9. The third kappa shape index (κ3) is 5.76. The van der Waals surface area contributed by atoms with Crippen molar-refractivity contribution in [3.05, 3.63) is 89.0 Å². The number of rotatable bonds is 7. The van der Waals surface area contributed by atoms with Crippen molar-refractivity contribution in [2.24, 2.45) is 0 Å². The van der Waals surface area contributed by atoms with Crippen molar-refractivity contribution in [3.8, 4) is 0 Å². The highest BCUT2D eigenvalue weighted by atomic mass is 32.2. The molecule has 31 heavy (non-hydrogen) atoms. The average Bonchev–Trinajstić information content (AvgIpc) is 2.75. The smallest absolute Gasteiger partial charge is 0.255 e. The van der Waals surface area contributed by atoms with Gasteiger partial charge in [0.15, 0.2) is 0 Å². The molecule has 5 heteroatoms. The minimum atomic E-state index is -0.234. The summed E-state index contributed by atoms with van der Waals surface area (Å²) >= 11 is 1.50. The van der Waals surface area contributed by atoms with Crippen LogP contribution in [0, 0.1) is 20.8 Å². The summed E-state index contributed by atoms with van der Waals surface area (Å²) in [5.74, 6) is -0.157. The van der Waals surface area contributed by atoms with Gasteiger partial charge in [0.25, 0.3) is 5.91 Å². The van der Waals surface area contributed by atoms with Gasteiger partial charge < -0.3 is 10.6 Å². The fourth-order valence-electron chi connectivity index (χ4n) is 3.26. The minimum absolute atomic E-state index is 0.0180. The highest BCUT2D eigenvalue weighted by Gasteiger charge is 2.19. The molecule has 0 radical (unpaired) electrons. The zero-order chi connectivity index (χ0) is 22.4. The van der Waals surface area contributed by atoms with Gasteiger partial charge in [0, 0.05) is 21.8 Å². The molecule has 0 fully saturated rings. The Labute approximate surface area is 188 Å².